The van der Waals surface area contributed by atoms with E-state index in [0.29, 0.717) is 0 Å². The number of halogens is 5. The van der Waals surface area contributed by atoms with E-state index in [2.05, 4.69) is 4.74 Å². The molecule has 0 bridgehead atoms. The van der Waals surface area contributed by atoms with Crippen molar-refractivity contribution < 1.29 is 36.6 Å². The molecule has 0 radical (unpaired) electrons. The second-order valence-electron chi connectivity index (χ2n) is 5.95. The Morgan fingerprint density at radius 1 is 0.933 bits per heavy atom. The highest BCUT2D eigenvalue weighted by Crippen LogP contribution is 2.37. The van der Waals surface area contributed by atoms with Crippen molar-refractivity contribution in [2.24, 2.45) is 0 Å². The average molecular weight is 441 g/mol. The zero-order valence-electron chi connectivity index (χ0n) is 15.3. The lowest BCUT2D eigenvalue weighted by atomic mass is 10.2. The number of ether oxygens (including phenoxy) is 3. The average Bonchev–Trinajstić information content (AvgIpc) is 2.74. The molecule has 0 N–H and O–H groups in total. The van der Waals surface area contributed by atoms with Crippen LogP contribution in [-0.2, 0) is 6.61 Å². The van der Waals surface area contributed by atoms with Crippen molar-refractivity contribution in [3.05, 3.63) is 87.9 Å². The maximum Gasteiger partial charge on any atom is 0.343 e. The summed E-state index contributed by atoms with van der Waals surface area (Å²) >= 11 is 6.16. The van der Waals surface area contributed by atoms with E-state index in [0.717, 1.165) is 17.7 Å². The molecule has 0 unspecified atom stereocenters. The van der Waals surface area contributed by atoms with Crippen molar-refractivity contribution in [3.8, 4) is 17.2 Å². The third-order valence-electron chi connectivity index (χ3n) is 3.96. The van der Waals surface area contributed by atoms with Gasteiger partial charge < -0.3 is 14.2 Å². The van der Waals surface area contributed by atoms with E-state index in [4.69, 9.17) is 21.1 Å². The smallest absolute Gasteiger partial charge is 0.343 e. The van der Waals surface area contributed by atoms with Gasteiger partial charge in [0.2, 0.25) is 17.4 Å². The molecule has 0 aliphatic heterocycles. The minimum atomic E-state index is -1.84. The van der Waals surface area contributed by atoms with Crippen LogP contribution in [0.5, 0.6) is 17.2 Å². The molecule has 0 aliphatic rings. The highest BCUT2D eigenvalue weighted by molar-refractivity contribution is 6.32. The SMILES string of the molecule is COc1cc(C(=O)Oc2c(F)c(F)cc(F)c2F)cc(Cl)c1OCc1ccccc1. The summed E-state index contributed by atoms with van der Waals surface area (Å²) in [6.45, 7) is 0.152. The highest BCUT2D eigenvalue weighted by Gasteiger charge is 2.25. The first kappa shape index (κ1) is 21.4. The summed E-state index contributed by atoms with van der Waals surface area (Å²) in [5.74, 6) is -9.77. The van der Waals surface area contributed by atoms with Crippen molar-refractivity contribution in [3.63, 3.8) is 0 Å². The molecule has 3 aromatic rings. The quantitative estimate of drug-likeness (QED) is 0.213. The van der Waals surface area contributed by atoms with Crippen molar-refractivity contribution in [2.45, 2.75) is 6.61 Å². The van der Waals surface area contributed by atoms with Crippen molar-refractivity contribution in [1.82, 2.24) is 0 Å². The molecule has 9 heteroatoms. The molecule has 0 saturated carbocycles. The van der Waals surface area contributed by atoms with Crippen LogP contribution in [0.4, 0.5) is 17.6 Å². The first-order valence-electron chi connectivity index (χ1n) is 8.41. The number of carbonyl (C=O) groups excluding carboxylic acids is 1. The number of rotatable bonds is 6. The van der Waals surface area contributed by atoms with Gasteiger partial charge in [0.15, 0.2) is 23.1 Å². The predicted molar refractivity (Wildman–Crippen MR) is 100 cm³/mol. The topological polar surface area (TPSA) is 44.8 Å². The van der Waals surface area contributed by atoms with E-state index in [9.17, 15) is 22.4 Å². The molecule has 0 aromatic heterocycles. The van der Waals surface area contributed by atoms with Gasteiger partial charge >= 0.3 is 5.97 Å². The third-order valence-corrected chi connectivity index (χ3v) is 4.24. The van der Waals surface area contributed by atoms with Gasteiger partial charge in [0.1, 0.15) is 6.61 Å². The number of methoxy groups -OCH3 is 1. The first-order valence-corrected chi connectivity index (χ1v) is 8.79. The Hall–Kier alpha value is -3.26. The molecule has 0 amide bonds. The lowest BCUT2D eigenvalue weighted by molar-refractivity contribution is 0.0717. The van der Waals surface area contributed by atoms with Gasteiger partial charge in [-0.1, -0.05) is 41.9 Å². The van der Waals surface area contributed by atoms with Crippen LogP contribution >= 0.6 is 11.6 Å². The van der Waals surface area contributed by atoms with Crippen molar-refractivity contribution in [2.75, 3.05) is 7.11 Å². The molecule has 3 aromatic carbocycles. The van der Waals surface area contributed by atoms with Gasteiger partial charge in [-0.25, -0.2) is 13.6 Å². The molecule has 0 atom stereocenters. The Bertz CT molecular complexity index is 1060. The minimum Gasteiger partial charge on any atom is -0.493 e. The van der Waals surface area contributed by atoms with Crippen LogP contribution in [0.3, 0.4) is 0 Å². The summed E-state index contributed by atoms with van der Waals surface area (Å²) in [6.07, 6.45) is 0. The fourth-order valence-corrected chi connectivity index (χ4v) is 2.77. The minimum absolute atomic E-state index is 0.000762. The second-order valence-corrected chi connectivity index (χ2v) is 6.36. The molecule has 0 spiro atoms. The summed E-state index contributed by atoms with van der Waals surface area (Å²) in [7, 11) is 1.29. The van der Waals surface area contributed by atoms with E-state index < -0.39 is 35.0 Å². The van der Waals surface area contributed by atoms with E-state index in [1.54, 1.807) is 0 Å². The van der Waals surface area contributed by atoms with Crippen molar-refractivity contribution >= 4 is 17.6 Å². The fourth-order valence-electron chi connectivity index (χ4n) is 2.50. The van der Waals surface area contributed by atoms with Gasteiger partial charge in [-0.05, 0) is 17.7 Å². The van der Waals surface area contributed by atoms with Crippen LogP contribution in [-0.4, -0.2) is 13.1 Å². The molecular formula is C21H13ClF4O4. The van der Waals surface area contributed by atoms with E-state index in [-0.39, 0.29) is 34.8 Å². The van der Waals surface area contributed by atoms with Gasteiger partial charge in [-0.3, -0.25) is 0 Å². The summed E-state index contributed by atoms with van der Waals surface area (Å²) in [4.78, 5) is 12.3. The van der Waals surface area contributed by atoms with Crippen LogP contribution in [0, 0.1) is 23.3 Å². The van der Waals surface area contributed by atoms with Crippen LogP contribution in [0.1, 0.15) is 15.9 Å². The Morgan fingerprint density at radius 2 is 1.57 bits per heavy atom. The van der Waals surface area contributed by atoms with E-state index in [1.807, 2.05) is 30.3 Å². The Morgan fingerprint density at radius 3 is 2.17 bits per heavy atom. The van der Waals surface area contributed by atoms with Gasteiger partial charge in [0.05, 0.1) is 17.7 Å². The second kappa shape index (κ2) is 9.04. The summed E-state index contributed by atoms with van der Waals surface area (Å²) in [6, 6.07) is 11.4. The Labute approximate surface area is 173 Å². The van der Waals surface area contributed by atoms with Gasteiger partial charge in [-0.15, -0.1) is 0 Å². The normalized spacial score (nSPS) is 10.6. The molecule has 0 saturated heterocycles. The molecule has 30 heavy (non-hydrogen) atoms. The van der Waals surface area contributed by atoms with E-state index in [1.165, 1.54) is 7.11 Å². The number of hydrogen-bond acceptors (Lipinski definition) is 4. The zero-order chi connectivity index (χ0) is 21.8. The van der Waals surface area contributed by atoms with Gasteiger partial charge in [0.25, 0.3) is 0 Å². The maximum absolute atomic E-state index is 13.7. The largest absolute Gasteiger partial charge is 0.493 e. The van der Waals surface area contributed by atoms with Gasteiger partial charge in [-0.2, -0.15) is 8.78 Å². The third kappa shape index (κ3) is 4.49. The lowest BCUT2D eigenvalue weighted by Gasteiger charge is -2.14. The number of esters is 1. The van der Waals surface area contributed by atoms with Crippen molar-refractivity contribution in [1.29, 1.82) is 0 Å². The Balaban J connectivity index is 1.87. The summed E-state index contributed by atoms with van der Waals surface area (Å²) < 4.78 is 69.4. The lowest BCUT2D eigenvalue weighted by Crippen LogP contribution is -2.13. The number of carbonyl (C=O) groups is 1. The monoisotopic (exact) mass is 440 g/mol. The van der Waals surface area contributed by atoms with Crippen LogP contribution in [0.2, 0.25) is 5.02 Å². The number of hydrogen-bond donors (Lipinski definition) is 0. The number of benzene rings is 3. The Kier molecular flexibility index (Phi) is 6.47. The molecule has 0 fully saturated rings. The van der Waals surface area contributed by atoms with Gasteiger partial charge in [0, 0.05) is 6.07 Å². The molecular weight excluding hydrogens is 428 g/mol. The van der Waals surface area contributed by atoms with Crippen LogP contribution in [0.25, 0.3) is 0 Å². The molecule has 4 nitrogen and oxygen atoms in total. The zero-order valence-corrected chi connectivity index (χ0v) is 16.1. The first-order chi connectivity index (χ1) is 14.3. The molecule has 0 aliphatic carbocycles. The molecule has 156 valence electrons. The standard InChI is InChI=1S/C21H13ClF4O4/c1-28-16-8-12(7-13(22)19(16)29-10-11-5-3-2-4-6-11)21(27)30-20-17(25)14(23)9-15(24)18(20)26/h2-9H,10H2,1H3. The fraction of sp³-hybridized carbons (Fsp3) is 0.0952. The molecule has 3 rings (SSSR count). The summed E-state index contributed by atoms with van der Waals surface area (Å²) in [5.41, 5.74) is 0.561. The molecule has 0 heterocycles. The highest BCUT2D eigenvalue weighted by atomic mass is 35.5. The van der Waals surface area contributed by atoms with Crippen LogP contribution < -0.4 is 14.2 Å². The maximum atomic E-state index is 13.7. The summed E-state index contributed by atoms with van der Waals surface area (Å²) in [5, 5.41) is -0.0522. The van der Waals surface area contributed by atoms with Crippen LogP contribution in [0.15, 0.2) is 48.5 Å². The van der Waals surface area contributed by atoms with E-state index >= 15 is 0 Å². The predicted octanol–water partition coefficient (Wildman–Crippen LogP) is 5.70.